The Morgan fingerprint density at radius 1 is 1.16 bits per heavy atom. The molecule has 0 aliphatic rings. The van der Waals surface area contributed by atoms with Crippen molar-refractivity contribution in [3.05, 3.63) is 28.3 Å². The van der Waals surface area contributed by atoms with Crippen LogP contribution in [0.1, 0.15) is 41.1 Å². The zero-order valence-corrected chi connectivity index (χ0v) is 13.2. The molecule has 0 amide bonds. The smallest absolute Gasteiger partial charge is 0.124 e. The van der Waals surface area contributed by atoms with Gasteiger partial charge in [0.1, 0.15) is 5.75 Å². The number of aryl methyl sites for hydroxylation is 1. The van der Waals surface area contributed by atoms with Gasteiger partial charge in [0.25, 0.3) is 0 Å². The number of rotatable bonds is 7. The molecule has 0 saturated carbocycles. The molecule has 3 nitrogen and oxygen atoms in total. The van der Waals surface area contributed by atoms with Crippen LogP contribution in [0.2, 0.25) is 0 Å². The van der Waals surface area contributed by atoms with E-state index in [0.29, 0.717) is 6.04 Å². The lowest BCUT2D eigenvalue weighted by molar-refractivity contribution is 0.407. The molecule has 19 heavy (non-hydrogen) atoms. The summed E-state index contributed by atoms with van der Waals surface area (Å²) >= 11 is 0. The van der Waals surface area contributed by atoms with Gasteiger partial charge in [-0.1, -0.05) is 6.07 Å². The highest BCUT2D eigenvalue weighted by Crippen LogP contribution is 2.32. The molecule has 0 aliphatic heterocycles. The fraction of sp³-hybridized carbons (Fsp3) is 0.625. The predicted molar refractivity (Wildman–Crippen MR) is 82.2 cm³/mol. The Bertz CT molecular complexity index is 416. The highest BCUT2D eigenvalue weighted by Gasteiger charge is 2.16. The summed E-state index contributed by atoms with van der Waals surface area (Å²) in [5.41, 5.74) is 5.21. The molecule has 3 heteroatoms. The second-order valence-electron chi connectivity index (χ2n) is 5.15. The van der Waals surface area contributed by atoms with Crippen LogP contribution < -0.4 is 15.4 Å². The summed E-state index contributed by atoms with van der Waals surface area (Å²) in [5.74, 6) is 1.02. The van der Waals surface area contributed by atoms with Gasteiger partial charge in [-0.2, -0.15) is 0 Å². The normalized spacial score (nSPS) is 12.5. The third kappa shape index (κ3) is 3.71. The Labute approximate surface area is 117 Å². The van der Waals surface area contributed by atoms with Gasteiger partial charge in [-0.25, -0.2) is 0 Å². The first-order chi connectivity index (χ1) is 9.06. The lowest BCUT2D eigenvalue weighted by Gasteiger charge is -2.22. The van der Waals surface area contributed by atoms with E-state index >= 15 is 0 Å². The van der Waals surface area contributed by atoms with E-state index in [-0.39, 0.29) is 0 Å². The van der Waals surface area contributed by atoms with Gasteiger partial charge < -0.3 is 15.4 Å². The Balaban J connectivity index is 3.04. The first kappa shape index (κ1) is 16.0. The van der Waals surface area contributed by atoms with Crippen LogP contribution in [-0.2, 0) is 0 Å². The van der Waals surface area contributed by atoms with E-state index in [2.05, 4.69) is 37.5 Å². The van der Waals surface area contributed by atoms with E-state index in [1.54, 1.807) is 7.11 Å². The van der Waals surface area contributed by atoms with Gasteiger partial charge in [0.15, 0.2) is 0 Å². The summed E-state index contributed by atoms with van der Waals surface area (Å²) in [6, 6.07) is 2.68. The first-order valence-electron chi connectivity index (χ1n) is 7.03. The number of nitrogens with one attached hydrogen (secondary N) is 2. The monoisotopic (exact) mass is 264 g/mol. The second-order valence-corrected chi connectivity index (χ2v) is 5.15. The van der Waals surface area contributed by atoms with E-state index in [4.69, 9.17) is 4.74 Å². The summed E-state index contributed by atoms with van der Waals surface area (Å²) < 4.78 is 5.49. The third-order valence-electron chi connectivity index (χ3n) is 3.91. The van der Waals surface area contributed by atoms with Crippen molar-refractivity contribution in [2.75, 3.05) is 27.7 Å². The van der Waals surface area contributed by atoms with Gasteiger partial charge in [-0.3, -0.25) is 0 Å². The Morgan fingerprint density at radius 2 is 1.84 bits per heavy atom. The molecule has 1 rings (SSSR count). The van der Waals surface area contributed by atoms with Crippen molar-refractivity contribution in [2.24, 2.45) is 0 Å². The van der Waals surface area contributed by atoms with Crippen molar-refractivity contribution in [1.82, 2.24) is 10.6 Å². The van der Waals surface area contributed by atoms with Crippen molar-refractivity contribution in [1.29, 1.82) is 0 Å². The summed E-state index contributed by atoms with van der Waals surface area (Å²) in [4.78, 5) is 0. The Hall–Kier alpha value is -1.06. The molecule has 0 spiro atoms. The minimum atomic E-state index is 0.414. The molecule has 108 valence electrons. The molecule has 0 bridgehead atoms. The van der Waals surface area contributed by atoms with E-state index in [9.17, 15) is 0 Å². The van der Waals surface area contributed by atoms with Crippen LogP contribution in [0.3, 0.4) is 0 Å². The molecule has 0 aliphatic carbocycles. The van der Waals surface area contributed by atoms with Crippen LogP contribution in [0.5, 0.6) is 5.75 Å². The zero-order valence-electron chi connectivity index (χ0n) is 13.2. The van der Waals surface area contributed by atoms with Crippen LogP contribution in [0.25, 0.3) is 0 Å². The number of ether oxygens (including phenoxy) is 1. The minimum Gasteiger partial charge on any atom is -0.496 e. The van der Waals surface area contributed by atoms with E-state index in [1.165, 1.54) is 28.7 Å². The molecular weight excluding hydrogens is 236 g/mol. The molecule has 2 N–H and O–H groups in total. The molecule has 1 unspecified atom stereocenters. The van der Waals surface area contributed by atoms with Crippen LogP contribution in [0.4, 0.5) is 0 Å². The number of hydrogen-bond acceptors (Lipinski definition) is 3. The van der Waals surface area contributed by atoms with Crippen molar-refractivity contribution >= 4 is 0 Å². The molecule has 1 aromatic carbocycles. The molecule has 0 fully saturated rings. The number of methoxy groups -OCH3 is 1. The molecule has 0 saturated heterocycles. The van der Waals surface area contributed by atoms with E-state index < -0.39 is 0 Å². The Morgan fingerprint density at radius 3 is 2.37 bits per heavy atom. The maximum Gasteiger partial charge on any atom is 0.124 e. The van der Waals surface area contributed by atoms with Gasteiger partial charge in [0.05, 0.1) is 7.11 Å². The summed E-state index contributed by atoms with van der Waals surface area (Å²) in [6.07, 6.45) is 2.31. The van der Waals surface area contributed by atoms with Gasteiger partial charge in [0, 0.05) is 6.04 Å². The van der Waals surface area contributed by atoms with E-state index in [1.807, 2.05) is 14.1 Å². The average Bonchev–Trinajstić information content (AvgIpc) is 2.40. The molecule has 0 aromatic heterocycles. The number of benzene rings is 1. The molecule has 0 heterocycles. The van der Waals surface area contributed by atoms with Crippen LogP contribution >= 0.6 is 0 Å². The fourth-order valence-electron chi connectivity index (χ4n) is 2.70. The minimum absolute atomic E-state index is 0.414. The lowest BCUT2D eigenvalue weighted by Crippen LogP contribution is -2.20. The summed E-state index contributed by atoms with van der Waals surface area (Å²) in [6.45, 7) is 7.51. The van der Waals surface area contributed by atoms with Crippen LogP contribution in [0, 0.1) is 20.8 Å². The second kappa shape index (κ2) is 7.51. The van der Waals surface area contributed by atoms with Crippen molar-refractivity contribution < 1.29 is 4.74 Å². The van der Waals surface area contributed by atoms with Crippen molar-refractivity contribution in [2.45, 2.75) is 39.7 Å². The average molecular weight is 264 g/mol. The number of hydrogen-bond donors (Lipinski definition) is 2. The molecule has 1 aromatic rings. The predicted octanol–water partition coefficient (Wildman–Crippen LogP) is 2.88. The van der Waals surface area contributed by atoms with Gasteiger partial charge in [-0.05, 0) is 76.5 Å². The van der Waals surface area contributed by atoms with Gasteiger partial charge >= 0.3 is 0 Å². The summed E-state index contributed by atoms with van der Waals surface area (Å²) in [5, 5.41) is 6.65. The summed E-state index contributed by atoms with van der Waals surface area (Å²) in [7, 11) is 5.79. The standard InChI is InChI=1S/C16H28N2O/c1-11-10-14(12(2)13(3)16(11)19-6)15(18-5)8-7-9-17-4/h10,15,17-18H,7-9H2,1-6H3. The Kier molecular flexibility index (Phi) is 6.32. The topological polar surface area (TPSA) is 33.3 Å². The maximum atomic E-state index is 5.49. The van der Waals surface area contributed by atoms with Crippen LogP contribution in [0.15, 0.2) is 6.07 Å². The van der Waals surface area contributed by atoms with E-state index in [0.717, 1.165) is 18.7 Å². The quantitative estimate of drug-likeness (QED) is 0.743. The largest absolute Gasteiger partial charge is 0.496 e. The fourth-order valence-corrected chi connectivity index (χ4v) is 2.70. The van der Waals surface area contributed by atoms with Crippen molar-refractivity contribution in [3.8, 4) is 5.75 Å². The SMILES string of the molecule is CNCCCC(NC)c1cc(C)c(OC)c(C)c1C. The molecular formula is C16H28N2O. The maximum absolute atomic E-state index is 5.49. The molecule has 1 atom stereocenters. The molecule has 0 radical (unpaired) electrons. The van der Waals surface area contributed by atoms with Crippen molar-refractivity contribution in [3.63, 3.8) is 0 Å². The van der Waals surface area contributed by atoms with Gasteiger partial charge in [-0.15, -0.1) is 0 Å². The van der Waals surface area contributed by atoms with Crippen LogP contribution in [-0.4, -0.2) is 27.7 Å². The highest BCUT2D eigenvalue weighted by molar-refractivity contribution is 5.49. The van der Waals surface area contributed by atoms with Gasteiger partial charge in [0.2, 0.25) is 0 Å². The zero-order chi connectivity index (χ0) is 14.4. The third-order valence-corrected chi connectivity index (χ3v) is 3.91. The first-order valence-corrected chi connectivity index (χ1v) is 7.03. The lowest BCUT2D eigenvalue weighted by atomic mass is 9.92. The highest BCUT2D eigenvalue weighted by atomic mass is 16.5.